The van der Waals surface area contributed by atoms with Crippen molar-refractivity contribution in [3.8, 4) is 0 Å². The Morgan fingerprint density at radius 3 is 2.22 bits per heavy atom. The lowest BCUT2D eigenvalue weighted by atomic mass is 10.2. The zero-order valence-electron chi connectivity index (χ0n) is 6.39. The van der Waals surface area contributed by atoms with Crippen molar-refractivity contribution >= 4 is 0 Å². The summed E-state index contributed by atoms with van der Waals surface area (Å²) in [5, 5.41) is 8.94. The van der Waals surface area contributed by atoms with Crippen LogP contribution in [0.1, 0.15) is 6.92 Å². The third-order valence-electron chi connectivity index (χ3n) is 1.11. The number of rotatable bonds is 3. The van der Waals surface area contributed by atoms with Gasteiger partial charge in [0.1, 0.15) is 0 Å². The first kappa shape index (κ1) is 8.66. The number of nitrogens with zero attached hydrogens (tertiary/aromatic N) is 1. The molecule has 0 saturated heterocycles. The van der Waals surface area contributed by atoms with E-state index in [9.17, 15) is 0 Å². The maximum atomic E-state index is 8.94. The Morgan fingerprint density at radius 1 is 1.67 bits per heavy atom. The van der Waals surface area contributed by atoms with Gasteiger partial charge in [0.2, 0.25) is 0 Å². The molecule has 0 aliphatic heterocycles. The minimum atomic E-state index is -0.382. The molecule has 2 nitrogen and oxygen atoms in total. The quantitative estimate of drug-likeness (QED) is 0.560. The molecule has 1 N–H and O–H groups in total. The Morgan fingerprint density at radius 2 is 2.11 bits per heavy atom. The summed E-state index contributed by atoms with van der Waals surface area (Å²) >= 11 is 0. The van der Waals surface area contributed by atoms with Crippen LogP contribution in [0, 0.1) is 0 Å². The molecule has 0 saturated carbocycles. The fourth-order valence-corrected chi connectivity index (χ4v) is 0.538. The molecule has 54 valence electrons. The van der Waals surface area contributed by atoms with E-state index < -0.39 is 0 Å². The molecule has 1 atom stereocenters. The number of likely N-dealkylation sites (N-methyl/N-ethyl adjacent to an activating group) is 1. The predicted octanol–water partition coefficient (Wildman–Crippen LogP) is 0.485. The number of hydrogen-bond acceptors (Lipinski definition) is 2. The van der Waals surface area contributed by atoms with Gasteiger partial charge < -0.3 is 10.0 Å². The van der Waals surface area contributed by atoms with E-state index in [4.69, 9.17) is 5.11 Å². The molecule has 2 heteroatoms. The van der Waals surface area contributed by atoms with Gasteiger partial charge >= 0.3 is 0 Å². The number of hydrogen-bond donors (Lipinski definition) is 1. The van der Waals surface area contributed by atoms with Crippen LogP contribution in [-0.2, 0) is 0 Å². The van der Waals surface area contributed by atoms with E-state index in [1.54, 1.807) is 6.92 Å². The lowest BCUT2D eigenvalue weighted by molar-refractivity contribution is 0.220. The number of aliphatic hydroxyl groups excluding tert-OH is 1. The zero-order chi connectivity index (χ0) is 7.44. The van der Waals surface area contributed by atoms with Gasteiger partial charge in [-0.05, 0) is 26.6 Å². The van der Waals surface area contributed by atoms with Gasteiger partial charge in [-0.2, -0.15) is 0 Å². The highest BCUT2D eigenvalue weighted by Gasteiger charge is 2.01. The maximum absolute atomic E-state index is 8.94. The summed E-state index contributed by atoms with van der Waals surface area (Å²) in [6.45, 7) is 6.19. The summed E-state index contributed by atoms with van der Waals surface area (Å²) in [5.41, 5.74) is 0.861. The van der Waals surface area contributed by atoms with Crippen LogP contribution < -0.4 is 0 Å². The summed E-state index contributed by atoms with van der Waals surface area (Å²) in [4.78, 5) is 1.98. The van der Waals surface area contributed by atoms with E-state index in [0.717, 1.165) is 12.1 Å². The Balaban J connectivity index is 3.51. The van der Waals surface area contributed by atoms with Crippen molar-refractivity contribution in [2.75, 3.05) is 20.6 Å². The van der Waals surface area contributed by atoms with E-state index >= 15 is 0 Å². The average Bonchev–Trinajstić information content (AvgIpc) is 1.63. The maximum Gasteiger partial charge on any atom is 0.0731 e. The van der Waals surface area contributed by atoms with E-state index in [0.29, 0.717) is 0 Å². The van der Waals surface area contributed by atoms with Crippen molar-refractivity contribution < 1.29 is 5.11 Å². The first-order valence-electron chi connectivity index (χ1n) is 3.04. The van der Waals surface area contributed by atoms with Gasteiger partial charge in [-0.15, -0.1) is 0 Å². The molecule has 0 amide bonds. The summed E-state index contributed by atoms with van der Waals surface area (Å²) in [5.74, 6) is 0. The Kier molecular flexibility index (Phi) is 3.50. The minimum Gasteiger partial charge on any atom is -0.389 e. The largest absolute Gasteiger partial charge is 0.389 e. The second-order valence-corrected chi connectivity index (χ2v) is 2.57. The van der Waals surface area contributed by atoms with E-state index in [1.165, 1.54) is 0 Å². The van der Waals surface area contributed by atoms with Crippen LogP contribution in [-0.4, -0.2) is 36.8 Å². The topological polar surface area (TPSA) is 23.5 Å². The van der Waals surface area contributed by atoms with Crippen LogP contribution in [0.3, 0.4) is 0 Å². The van der Waals surface area contributed by atoms with Gasteiger partial charge in [0, 0.05) is 6.54 Å². The van der Waals surface area contributed by atoms with Crippen molar-refractivity contribution in [2.24, 2.45) is 0 Å². The van der Waals surface area contributed by atoms with Gasteiger partial charge in [0.25, 0.3) is 0 Å². The van der Waals surface area contributed by atoms with Crippen LogP contribution in [0.4, 0.5) is 0 Å². The highest BCUT2D eigenvalue weighted by atomic mass is 16.3. The second kappa shape index (κ2) is 3.64. The van der Waals surface area contributed by atoms with Crippen LogP contribution >= 0.6 is 0 Å². The first-order chi connectivity index (χ1) is 4.04. The molecule has 0 rings (SSSR count). The summed E-state index contributed by atoms with van der Waals surface area (Å²) < 4.78 is 0. The van der Waals surface area contributed by atoms with Crippen molar-refractivity contribution in [3.63, 3.8) is 0 Å². The molecule has 0 fully saturated rings. The first-order valence-corrected chi connectivity index (χ1v) is 3.04. The monoisotopic (exact) mass is 129 g/mol. The predicted molar refractivity (Wildman–Crippen MR) is 39.4 cm³/mol. The molecule has 0 radical (unpaired) electrons. The van der Waals surface area contributed by atoms with Crippen molar-refractivity contribution in [3.05, 3.63) is 12.2 Å². The summed E-state index contributed by atoms with van der Waals surface area (Å²) in [7, 11) is 3.90. The molecule has 0 spiro atoms. The molecular formula is C7H15NO. The van der Waals surface area contributed by atoms with Gasteiger partial charge in [-0.1, -0.05) is 6.58 Å². The third-order valence-corrected chi connectivity index (χ3v) is 1.11. The van der Waals surface area contributed by atoms with E-state index in [1.807, 2.05) is 19.0 Å². The van der Waals surface area contributed by atoms with Gasteiger partial charge in [0.05, 0.1) is 6.10 Å². The van der Waals surface area contributed by atoms with Gasteiger partial charge in [-0.3, -0.25) is 0 Å². The lowest BCUT2D eigenvalue weighted by Gasteiger charge is -2.13. The Labute approximate surface area is 56.8 Å². The van der Waals surface area contributed by atoms with Crippen molar-refractivity contribution in [1.82, 2.24) is 4.90 Å². The Bertz CT molecular complexity index is 97.1. The van der Waals surface area contributed by atoms with E-state index in [-0.39, 0.29) is 6.10 Å². The van der Waals surface area contributed by atoms with Crippen molar-refractivity contribution in [2.45, 2.75) is 13.0 Å². The molecule has 0 aliphatic rings. The fourth-order valence-electron chi connectivity index (χ4n) is 0.538. The second-order valence-electron chi connectivity index (χ2n) is 2.57. The average molecular weight is 129 g/mol. The summed E-state index contributed by atoms with van der Waals surface area (Å²) in [6, 6.07) is 0. The Hall–Kier alpha value is -0.340. The van der Waals surface area contributed by atoms with Crippen molar-refractivity contribution in [1.29, 1.82) is 0 Å². The molecule has 9 heavy (non-hydrogen) atoms. The number of aliphatic hydroxyl groups is 1. The third kappa shape index (κ3) is 4.18. The fraction of sp³-hybridized carbons (Fsp3) is 0.714. The van der Waals surface area contributed by atoms with Crippen LogP contribution in [0.15, 0.2) is 12.2 Å². The smallest absolute Gasteiger partial charge is 0.0731 e. The van der Waals surface area contributed by atoms with E-state index in [2.05, 4.69) is 6.58 Å². The van der Waals surface area contributed by atoms with Crippen LogP contribution in [0.2, 0.25) is 0 Å². The summed E-state index contributed by atoms with van der Waals surface area (Å²) in [6.07, 6.45) is -0.382. The van der Waals surface area contributed by atoms with Gasteiger partial charge in [0.15, 0.2) is 0 Å². The van der Waals surface area contributed by atoms with Crippen LogP contribution in [0.25, 0.3) is 0 Å². The molecule has 0 aliphatic carbocycles. The molecule has 0 aromatic carbocycles. The van der Waals surface area contributed by atoms with Crippen LogP contribution in [0.5, 0.6) is 0 Å². The molecular weight excluding hydrogens is 114 g/mol. The molecule has 0 heterocycles. The zero-order valence-corrected chi connectivity index (χ0v) is 6.39. The highest BCUT2D eigenvalue weighted by molar-refractivity contribution is 5.01. The standard InChI is InChI=1S/C7H15NO/c1-6(7(2)9)5-8(3)4/h7,9H,1,5H2,2-4H3. The molecule has 0 aromatic heterocycles. The highest BCUT2D eigenvalue weighted by Crippen LogP contribution is 1.97. The van der Waals surface area contributed by atoms with Gasteiger partial charge in [-0.25, -0.2) is 0 Å². The SMILES string of the molecule is C=C(CN(C)C)C(C)O. The molecule has 1 unspecified atom stereocenters. The normalized spacial score (nSPS) is 13.9. The molecule has 0 aromatic rings. The minimum absolute atomic E-state index is 0.382. The lowest BCUT2D eigenvalue weighted by Crippen LogP contribution is -2.20. The molecule has 0 bridgehead atoms.